The van der Waals surface area contributed by atoms with Crippen molar-refractivity contribution in [2.24, 2.45) is 7.05 Å². The molecule has 0 unspecified atom stereocenters. The van der Waals surface area contributed by atoms with Gasteiger partial charge < -0.3 is 4.57 Å². The summed E-state index contributed by atoms with van der Waals surface area (Å²) in [4.78, 5) is 22.7. The van der Waals surface area contributed by atoms with Crippen LogP contribution in [0.15, 0.2) is 12.1 Å². The van der Waals surface area contributed by atoms with E-state index in [1.165, 1.54) is 6.07 Å². The van der Waals surface area contributed by atoms with Gasteiger partial charge in [-0.1, -0.05) is 0 Å². The third kappa shape index (κ3) is 2.61. The van der Waals surface area contributed by atoms with Crippen molar-refractivity contribution in [1.29, 1.82) is 5.26 Å². The fourth-order valence-electron chi connectivity index (χ4n) is 1.53. The lowest BCUT2D eigenvalue weighted by molar-refractivity contribution is -0.663. The number of carbonyl (C=O) groups excluding carboxylic acids is 1. The third-order valence-corrected chi connectivity index (χ3v) is 2.97. The van der Waals surface area contributed by atoms with Gasteiger partial charge in [0.1, 0.15) is 11.8 Å². The van der Waals surface area contributed by atoms with Gasteiger partial charge in [0.15, 0.2) is 10.5 Å². The molecule has 0 aliphatic rings. The van der Waals surface area contributed by atoms with E-state index in [0.29, 0.717) is 10.6 Å². The monoisotopic (exact) mass is 364 g/mol. The average Bonchev–Trinajstić information content (AvgIpc) is 2.85. The standard InChI is InChI=1S/C11H6F8N3O2/c1-21-5(4-20)2-3-6(21)7(23)22(24)11(18,19)10(16,17)9(14,15)8(12)13/h2-3,8H,1H3/q+1. The number of halogens is 8. The topological polar surface area (TPSA) is 65.9 Å². The molecule has 132 valence electrons. The maximum Gasteiger partial charge on any atom is 0.582 e. The highest BCUT2D eigenvalue weighted by molar-refractivity contribution is 5.86. The second-order valence-corrected chi connectivity index (χ2v) is 4.41. The molecule has 1 heterocycles. The van der Waals surface area contributed by atoms with Crippen LogP contribution < -0.4 is 0 Å². The van der Waals surface area contributed by atoms with E-state index in [1.54, 1.807) is 0 Å². The molecule has 0 aromatic carbocycles. The molecule has 1 amide bonds. The first kappa shape index (κ1) is 19.5. The number of amides is 1. The van der Waals surface area contributed by atoms with Gasteiger partial charge in [0.25, 0.3) is 0 Å². The Morgan fingerprint density at radius 2 is 1.71 bits per heavy atom. The van der Waals surface area contributed by atoms with Crippen molar-refractivity contribution >= 4 is 5.91 Å². The SMILES string of the molecule is Cn1c(C#N)ccc1C(=O)[N+](=O)C(F)(F)C(F)(F)C(F)(F)C(F)F. The quantitative estimate of drug-likeness (QED) is 0.458. The summed E-state index contributed by atoms with van der Waals surface area (Å²) in [6, 6.07) is -3.56. The van der Waals surface area contributed by atoms with Crippen LogP contribution in [0, 0.1) is 16.2 Å². The summed E-state index contributed by atoms with van der Waals surface area (Å²) in [5.41, 5.74) is -1.36. The van der Waals surface area contributed by atoms with Gasteiger partial charge in [-0.3, -0.25) is 0 Å². The number of nitrogens with zero attached hydrogens (tertiary/aromatic N) is 3. The Hall–Kier alpha value is -2.52. The zero-order chi connectivity index (χ0) is 19.1. The molecule has 0 fully saturated rings. The number of hydrogen-bond donors (Lipinski definition) is 0. The molecule has 0 atom stereocenters. The number of carbonyl (C=O) groups is 1. The summed E-state index contributed by atoms with van der Waals surface area (Å²) in [5.74, 6) is -15.9. The molecule has 13 heteroatoms. The summed E-state index contributed by atoms with van der Waals surface area (Å²) in [6.45, 7) is 0. The Morgan fingerprint density at radius 1 is 1.21 bits per heavy atom. The van der Waals surface area contributed by atoms with Crippen LogP contribution in [0.3, 0.4) is 0 Å². The number of hydrogen-bond acceptors (Lipinski definition) is 3. The highest BCUT2D eigenvalue weighted by atomic mass is 19.4. The van der Waals surface area contributed by atoms with Gasteiger partial charge in [0.2, 0.25) is 0 Å². The molecule has 0 spiro atoms. The number of nitroso groups, excluding NO2 is 1. The molecular formula is C11H6F8N3O2+. The van der Waals surface area contributed by atoms with Crippen LogP contribution in [0.1, 0.15) is 16.2 Å². The van der Waals surface area contributed by atoms with E-state index in [2.05, 4.69) is 0 Å². The van der Waals surface area contributed by atoms with Crippen LogP contribution in [0.4, 0.5) is 35.1 Å². The normalized spacial score (nSPS) is 13.0. The van der Waals surface area contributed by atoms with Crippen LogP contribution in [-0.2, 0) is 7.05 Å². The summed E-state index contributed by atoms with van der Waals surface area (Å²) in [7, 11) is 0.920. The lowest BCUT2D eigenvalue weighted by Crippen LogP contribution is -2.62. The Balaban J connectivity index is 3.32. The highest BCUT2D eigenvalue weighted by Gasteiger charge is 2.85. The summed E-state index contributed by atoms with van der Waals surface area (Å²) in [6.07, 6.45) is -5.22. The van der Waals surface area contributed by atoms with E-state index in [0.717, 1.165) is 13.1 Å². The van der Waals surface area contributed by atoms with E-state index in [4.69, 9.17) is 5.26 Å². The van der Waals surface area contributed by atoms with Crippen molar-refractivity contribution in [3.05, 3.63) is 28.4 Å². The van der Waals surface area contributed by atoms with Crippen molar-refractivity contribution < 1.29 is 44.7 Å². The summed E-state index contributed by atoms with van der Waals surface area (Å²) in [5, 5.41) is 8.58. The number of nitriles is 1. The minimum absolute atomic E-state index is 0.347. The number of alkyl halides is 8. The molecule has 0 aliphatic carbocycles. The summed E-state index contributed by atoms with van der Waals surface area (Å²) < 4.78 is 100. The summed E-state index contributed by atoms with van der Waals surface area (Å²) >= 11 is 0. The van der Waals surface area contributed by atoms with Gasteiger partial charge >= 0.3 is 30.2 Å². The molecule has 0 N–H and O–H groups in total. The second kappa shape index (κ2) is 5.84. The first-order valence-electron chi connectivity index (χ1n) is 5.72. The van der Waals surface area contributed by atoms with Crippen molar-refractivity contribution in [3.63, 3.8) is 0 Å². The van der Waals surface area contributed by atoms with E-state index < -0.39 is 40.7 Å². The molecule has 1 aromatic heterocycles. The van der Waals surface area contributed by atoms with Gasteiger partial charge in [-0.05, 0) is 12.1 Å². The zero-order valence-electron chi connectivity index (χ0n) is 11.4. The smallest absolute Gasteiger partial charge is 0.327 e. The van der Waals surface area contributed by atoms with Crippen molar-refractivity contribution in [2.75, 3.05) is 0 Å². The van der Waals surface area contributed by atoms with Gasteiger partial charge in [-0.25, -0.2) is 13.6 Å². The van der Waals surface area contributed by atoms with Crippen LogP contribution >= 0.6 is 0 Å². The van der Waals surface area contributed by atoms with E-state index in [9.17, 15) is 44.8 Å². The predicted octanol–water partition coefficient (Wildman–Crippen LogP) is 2.94. The highest BCUT2D eigenvalue weighted by Crippen LogP contribution is 2.48. The Bertz CT molecular complexity index is 719. The first-order chi connectivity index (χ1) is 10.7. The van der Waals surface area contributed by atoms with Crippen LogP contribution in [0.25, 0.3) is 0 Å². The minimum atomic E-state index is -6.85. The van der Waals surface area contributed by atoms with Crippen molar-refractivity contribution in [3.8, 4) is 6.07 Å². The van der Waals surface area contributed by atoms with E-state index in [-0.39, 0.29) is 5.69 Å². The lowest BCUT2D eigenvalue weighted by atomic mass is 10.1. The molecule has 0 saturated heterocycles. The second-order valence-electron chi connectivity index (χ2n) is 4.41. The maximum atomic E-state index is 13.4. The fourth-order valence-corrected chi connectivity index (χ4v) is 1.53. The molecular weight excluding hydrogens is 358 g/mol. The van der Waals surface area contributed by atoms with Crippen LogP contribution in [-0.4, -0.2) is 39.6 Å². The Labute approximate surface area is 127 Å². The molecule has 0 aliphatic heterocycles. The van der Waals surface area contributed by atoms with Crippen LogP contribution in [0.5, 0.6) is 0 Å². The fraction of sp³-hybridized carbons (Fsp3) is 0.455. The molecule has 0 saturated carbocycles. The molecule has 24 heavy (non-hydrogen) atoms. The number of rotatable bonds is 5. The largest absolute Gasteiger partial charge is 0.582 e. The van der Waals surface area contributed by atoms with Gasteiger partial charge in [0.05, 0.1) is 0 Å². The van der Waals surface area contributed by atoms with Crippen LogP contribution in [0.2, 0.25) is 0 Å². The molecule has 1 aromatic rings. The van der Waals surface area contributed by atoms with Crippen molar-refractivity contribution in [1.82, 2.24) is 4.57 Å². The molecule has 0 radical (unpaired) electrons. The number of aromatic nitrogens is 1. The average molecular weight is 364 g/mol. The van der Waals surface area contributed by atoms with Gasteiger partial charge in [-0.15, -0.1) is 8.78 Å². The van der Waals surface area contributed by atoms with E-state index >= 15 is 0 Å². The van der Waals surface area contributed by atoms with Gasteiger partial charge in [-0.2, -0.15) is 22.8 Å². The Kier molecular flexibility index (Phi) is 4.75. The Morgan fingerprint density at radius 3 is 2.08 bits per heavy atom. The first-order valence-corrected chi connectivity index (χ1v) is 5.72. The predicted molar refractivity (Wildman–Crippen MR) is 58.9 cm³/mol. The molecule has 5 nitrogen and oxygen atoms in total. The zero-order valence-corrected chi connectivity index (χ0v) is 11.4. The minimum Gasteiger partial charge on any atom is -0.327 e. The van der Waals surface area contributed by atoms with E-state index in [1.807, 2.05) is 0 Å². The lowest BCUT2D eigenvalue weighted by Gasteiger charge is -2.25. The van der Waals surface area contributed by atoms with Crippen molar-refractivity contribution in [2.45, 2.75) is 24.3 Å². The molecule has 1 rings (SSSR count). The third-order valence-electron chi connectivity index (χ3n) is 2.97. The maximum absolute atomic E-state index is 13.4. The molecule has 0 bridgehead atoms. The van der Waals surface area contributed by atoms with Gasteiger partial charge in [0, 0.05) is 12.0 Å².